The van der Waals surface area contributed by atoms with Crippen LogP contribution in [-0.4, -0.2) is 0 Å². The van der Waals surface area contributed by atoms with Crippen LogP contribution in [0.1, 0.15) is 0 Å². The average Bonchev–Trinajstić information content (AvgIpc) is 3.58. The molecule has 1 aromatic heterocycles. The van der Waals surface area contributed by atoms with Gasteiger partial charge in [-0.1, -0.05) is 146 Å². The Kier molecular flexibility index (Phi) is 5.17. The molecule has 1 nitrogen and oxygen atoms in total. The second kappa shape index (κ2) is 9.88. The zero-order valence-electron chi connectivity index (χ0n) is 28.6. The molecule has 0 fully saturated rings. The fourth-order valence-electron chi connectivity index (χ4n) is 9.68. The van der Waals surface area contributed by atoms with E-state index in [0.29, 0.717) is 0 Å². The van der Waals surface area contributed by atoms with E-state index in [4.69, 9.17) is 4.42 Å². The van der Waals surface area contributed by atoms with E-state index in [-0.39, 0.29) is 0 Å². The average molecular weight is 669 g/mol. The predicted molar refractivity (Wildman–Crippen MR) is 227 cm³/mol. The third-order valence-electron chi connectivity index (χ3n) is 12.1. The smallest absolute Gasteiger partial charge is 0.143 e. The number of fused-ring (bicyclic) bond motifs is 6. The van der Waals surface area contributed by atoms with Crippen LogP contribution in [-0.2, 0) is 0 Å². The Morgan fingerprint density at radius 1 is 0.264 bits per heavy atom. The first-order valence-electron chi connectivity index (χ1n) is 18.4. The van der Waals surface area contributed by atoms with Crippen LogP contribution in [0, 0.1) is 0 Å². The first-order chi connectivity index (χ1) is 26.2. The molecule has 242 valence electrons. The first kappa shape index (κ1) is 27.7. The molecule has 0 aliphatic carbocycles. The lowest BCUT2D eigenvalue weighted by molar-refractivity contribution is 0.673. The Balaban J connectivity index is 1.15. The Morgan fingerprint density at radius 2 is 0.755 bits per heavy atom. The lowest BCUT2D eigenvalue weighted by Gasteiger charge is -2.17. The van der Waals surface area contributed by atoms with Crippen LogP contribution in [0.15, 0.2) is 174 Å². The maximum absolute atomic E-state index is 6.92. The molecule has 53 heavy (non-hydrogen) atoms. The third-order valence-corrected chi connectivity index (χ3v) is 12.1. The monoisotopic (exact) mass is 668 g/mol. The quantitative estimate of drug-likeness (QED) is 0.167. The molecular formula is C52H28O. The molecule has 0 radical (unpaired) electrons. The Labute approximate surface area is 303 Å². The summed E-state index contributed by atoms with van der Waals surface area (Å²) in [5.41, 5.74) is 6.75. The zero-order valence-corrected chi connectivity index (χ0v) is 28.6. The Hall–Kier alpha value is -6.96. The van der Waals surface area contributed by atoms with Crippen LogP contribution in [0.3, 0.4) is 0 Å². The topological polar surface area (TPSA) is 13.1 Å². The normalized spacial score (nSPS) is 12.5. The second-order valence-electron chi connectivity index (χ2n) is 14.8. The number of furan rings is 1. The van der Waals surface area contributed by atoms with Gasteiger partial charge in [0.05, 0.1) is 0 Å². The molecule has 13 rings (SSSR count). The van der Waals surface area contributed by atoms with Gasteiger partial charge >= 0.3 is 0 Å². The highest BCUT2D eigenvalue weighted by atomic mass is 16.3. The molecule has 0 unspecified atom stereocenters. The first-order valence-corrected chi connectivity index (χ1v) is 18.4. The highest BCUT2D eigenvalue weighted by Crippen LogP contribution is 2.47. The van der Waals surface area contributed by atoms with E-state index in [1.54, 1.807) is 0 Å². The van der Waals surface area contributed by atoms with Gasteiger partial charge < -0.3 is 4.42 Å². The van der Waals surface area contributed by atoms with Crippen LogP contribution >= 0.6 is 0 Å². The van der Waals surface area contributed by atoms with E-state index in [1.165, 1.54) is 103 Å². The maximum Gasteiger partial charge on any atom is 0.143 e. The van der Waals surface area contributed by atoms with Crippen LogP contribution in [0.25, 0.3) is 130 Å². The Bertz CT molecular complexity index is 3640. The molecule has 0 aliphatic heterocycles. The molecule has 0 N–H and O–H groups in total. The van der Waals surface area contributed by atoms with Crippen molar-refractivity contribution < 1.29 is 4.42 Å². The fourth-order valence-corrected chi connectivity index (χ4v) is 9.68. The van der Waals surface area contributed by atoms with E-state index < -0.39 is 0 Å². The van der Waals surface area contributed by atoms with E-state index in [2.05, 4.69) is 170 Å². The molecule has 1 heteroatoms. The van der Waals surface area contributed by atoms with Crippen LogP contribution in [0.2, 0.25) is 0 Å². The van der Waals surface area contributed by atoms with E-state index in [1.807, 2.05) is 0 Å². The molecule has 0 bridgehead atoms. The van der Waals surface area contributed by atoms with Crippen molar-refractivity contribution in [2.45, 2.75) is 0 Å². The number of rotatable bonds is 2. The Morgan fingerprint density at radius 3 is 1.42 bits per heavy atom. The standard InChI is InChI=1S/C52H28O/c1-2-6-36-27-47-44(25-35(36)5-1)46-28-43(39-21-16-34-14-12-30-8-4-10-32-18-24-42(39)51(34)49(30)32)40-22-19-37(26-45(40)52(46)53-47)38-20-15-33-13-11-29-7-3-9-31-17-23-41(38)50(33)48(29)31/h1-28H. The molecule has 0 aliphatic rings. The largest absolute Gasteiger partial charge is 0.455 e. The van der Waals surface area contributed by atoms with Crippen molar-refractivity contribution in [1.29, 1.82) is 0 Å². The minimum Gasteiger partial charge on any atom is -0.455 e. The minimum absolute atomic E-state index is 0.917. The maximum atomic E-state index is 6.92. The lowest BCUT2D eigenvalue weighted by Crippen LogP contribution is -1.90. The molecule has 0 saturated heterocycles. The molecule has 0 spiro atoms. The van der Waals surface area contributed by atoms with Crippen molar-refractivity contribution in [1.82, 2.24) is 0 Å². The zero-order chi connectivity index (χ0) is 34.4. The number of hydrogen-bond donors (Lipinski definition) is 0. The molecule has 13 aromatic rings. The van der Waals surface area contributed by atoms with Gasteiger partial charge in [-0.3, -0.25) is 0 Å². The second-order valence-corrected chi connectivity index (χ2v) is 14.8. The van der Waals surface area contributed by atoms with Crippen molar-refractivity contribution in [2.24, 2.45) is 0 Å². The van der Waals surface area contributed by atoms with Gasteiger partial charge in [0.1, 0.15) is 11.2 Å². The van der Waals surface area contributed by atoms with Crippen molar-refractivity contribution >= 4 is 108 Å². The van der Waals surface area contributed by atoms with Gasteiger partial charge in [0.2, 0.25) is 0 Å². The van der Waals surface area contributed by atoms with Gasteiger partial charge in [0.25, 0.3) is 0 Å². The van der Waals surface area contributed by atoms with Crippen molar-refractivity contribution in [3.63, 3.8) is 0 Å². The summed E-state index contributed by atoms with van der Waals surface area (Å²) in [6.07, 6.45) is 0. The van der Waals surface area contributed by atoms with Gasteiger partial charge in [-0.25, -0.2) is 0 Å². The van der Waals surface area contributed by atoms with Crippen LogP contribution in [0.4, 0.5) is 0 Å². The number of benzene rings is 12. The molecular weight excluding hydrogens is 641 g/mol. The molecule has 0 amide bonds. The molecule has 1 heterocycles. The highest BCUT2D eigenvalue weighted by Gasteiger charge is 2.20. The van der Waals surface area contributed by atoms with E-state index in [9.17, 15) is 0 Å². The summed E-state index contributed by atoms with van der Waals surface area (Å²) in [5, 5.41) is 22.6. The van der Waals surface area contributed by atoms with Gasteiger partial charge in [-0.15, -0.1) is 0 Å². The van der Waals surface area contributed by atoms with E-state index in [0.717, 1.165) is 27.3 Å². The fraction of sp³-hybridized carbons (Fsp3) is 0. The predicted octanol–water partition coefficient (Wildman–Crippen LogP) is 15.0. The van der Waals surface area contributed by atoms with Gasteiger partial charge in [0, 0.05) is 16.2 Å². The summed E-state index contributed by atoms with van der Waals surface area (Å²) in [4.78, 5) is 0. The summed E-state index contributed by atoms with van der Waals surface area (Å²) in [5.74, 6) is 0. The van der Waals surface area contributed by atoms with Crippen LogP contribution in [0.5, 0.6) is 0 Å². The van der Waals surface area contributed by atoms with E-state index >= 15 is 0 Å². The third kappa shape index (κ3) is 3.66. The summed E-state index contributed by atoms with van der Waals surface area (Å²) in [7, 11) is 0. The van der Waals surface area contributed by atoms with Crippen molar-refractivity contribution in [2.75, 3.05) is 0 Å². The summed E-state index contributed by atoms with van der Waals surface area (Å²) >= 11 is 0. The molecule has 0 saturated carbocycles. The highest BCUT2D eigenvalue weighted by molar-refractivity contribution is 6.29. The van der Waals surface area contributed by atoms with Gasteiger partial charge in [-0.05, 0) is 127 Å². The van der Waals surface area contributed by atoms with Gasteiger partial charge in [-0.2, -0.15) is 0 Å². The van der Waals surface area contributed by atoms with Crippen molar-refractivity contribution in [3.8, 4) is 22.3 Å². The minimum atomic E-state index is 0.917. The van der Waals surface area contributed by atoms with Crippen LogP contribution < -0.4 is 0 Å². The number of hydrogen-bond acceptors (Lipinski definition) is 1. The van der Waals surface area contributed by atoms with Gasteiger partial charge in [0.15, 0.2) is 0 Å². The SMILES string of the molecule is c1ccc2cc3c(cc2c1)oc1c2cc(-c4ccc5ccc6cccc7ccc4c5c67)ccc2c(-c2ccc4ccc5cccc6ccc2c4c56)cc31. The lowest BCUT2D eigenvalue weighted by atomic mass is 9.86. The summed E-state index contributed by atoms with van der Waals surface area (Å²) < 4.78 is 6.92. The molecule has 0 atom stereocenters. The molecule has 12 aromatic carbocycles. The summed E-state index contributed by atoms with van der Waals surface area (Å²) in [6, 6.07) is 63.2. The van der Waals surface area contributed by atoms with Crippen molar-refractivity contribution in [3.05, 3.63) is 170 Å². The summed E-state index contributed by atoms with van der Waals surface area (Å²) in [6.45, 7) is 0.